The fourth-order valence-electron chi connectivity index (χ4n) is 4.40. The standard InChI is InChI=1S/C25H26N6O3/c1-3-30-20-8-6-11-26-23(20)31(4-2)22-17(24(30)32)13-16(14-27-22)10-12-34-21-9-5-7-19-18(21)15-28-25(33)29-19/h5-9,11,13-14H,3-4,10,12,15H2,1-2H3,(H2,28,29,33). The molecule has 0 radical (unpaired) electrons. The Balaban J connectivity index is 1.39. The van der Waals surface area contributed by atoms with E-state index in [-0.39, 0.29) is 11.9 Å². The summed E-state index contributed by atoms with van der Waals surface area (Å²) in [5.41, 5.74) is 3.93. The third-order valence-electron chi connectivity index (χ3n) is 6.05. The lowest BCUT2D eigenvalue weighted by molar-refractivity contribution is 0.0989. The molecular formula is C25H26N6O3. The third kappa shape index (κ3) is 3.79. The van der Waals surface area contributed by atoms with Crippen LogP contribution in [-0.4, -0.2) is 41.6 Å². The number of pyridine rings is 2. The molecule has 9 nitrogen and oxygen atoms in total. The van der Waals surface area contributed by atoms with Crippen molar-refractivity contribution in [2.75, 3.05) is 34.8 Å². The van der Waals surface area contributed by atoms with Crippen LogP contribution in [0, 0.1) is 0 Å². The van der Waals surface area contributed by atoms with Gasteiger partial charge in [0.05, 0.1) is 30.1 Å². The van der Waals surface area contributed by atoms with Crippen molar-refractivity contribution in [3.63, 3.8) is 0 Å². The van der Waals surface area contributed by atoms with Gasteiger partial charge in [0.15, 0.2) is 5.82 Å². The van der Waals surface area contributed by atoms with Gasteiger partial charge in [0, 0.05) is 37.5 Å². The maximum Gasteiger partial charge on any atom is 0.319 e. The fraction of sp³-hybridized carbons (Fsp3) is 0.280. The molecular weight excluding hydrogens is 432 g/mol. The lowest BCUT2D eigenvalue weighted by atomic mass is 10.1. The summed E-state index contributed by atoms with van der Waals surface area (Å²) in [5.74, 6) is 1.99. The summed E-state index contributed by atoms with van der Waals surface area (Å²) in [6, 6.07) is 11.1. The van der Waals surface area contributed by atoms with Gasteiger partial charge in [-0.3, -0.25) is 4.79 Å². The van der Waals surface area contributed by atoms with Crippen LogP contribution in [0.3, 0.4) is 0 Å². The Labute approximate surface area is 197 Å². The van der Waals surface area contributed by atoms with E-state index in [0.717, 1.165) is 34.1 Å². The number of hydrogen-bond acceptors (Lipinski definition) is 6. The smallest absolute Gasteiger partial charge is 0.319 e. The number of rotatable bonds is 6. The van der Waals surface area contributed by atoms with E-state index in [2.05, 4.69) is 20.6 Å². The highest BCUT2D eigenvalue weighted by molar-refractivity contribution is 6.12. The number of urea groups is 1. The summed E-state index contributed by atoms with van der Waals surface area (Å²) in [7, 11) is 0. The Kier molecular flexibility index (Phi) is 5.75. The van der Waals surface area contributed by atoms with Crippen molar-refractivity contribution in [2.24, 2.45) is 0 Å². The average molecular weight is 459 g/mol. The van der Waals surface area contributed by atoms with E-state index >= 15 is 0 Å². The number of hydrogen-bond donors (Lipinski definition) is 2. The van der Waals surface area contributed by atoms with Crippen LogP contribution in [-0.2, 0) is 13.0 Å². The normalized spacial score (nSPS) is 14.4. The van der Waals surface area contributed by atoms with Gasteiger partial charge in [0.25, 0.3) is 5.91 Å². The van der Waals surface area contributed by atoms with Gasteiger partial charge in [0.1, 0.15) is 11.6 Å². The number of ether oxygens (including phenoxy) is 1. The Hall–Kier alpha value is -4.14. The van der Waals surface area contributed by atoms with Crippen molar-refractivity contribution in [1.29, 1.82) is 0 Å². The highest BCUT2D eigenvalue weighted by atomic mass is 16.5. The molecule has 0 atom stereocenters. The summed E-state index contributed by atoms with van der Waals surface area (Å²) in [4.78, 5) is 38.0. The van der Waals surface area contributed by atoms with E-state index < -0.39 is 0 Å². The molecule has 2 aliphatic heterocycles. The number of benzene rings is 1. The Morgan fingerprint density at radius 1 is 1.03 bits per heavy atom. The molecule has 0 saturated heterocycles. The lowest BCUT2D eigenvalue weighted by Gasteiger charge is -2.23. The predicted octanol–water partition coefficient (Wildman–Crippen LogP) is 3.87. The molecule has 5 rings (SSSR count). The zero-order chi connectivity index (χ0) is 23.7. The second-order valence-corrected chi connectivity index (χ2v) is 8.04. The van der Waals surface area contributed by atoms with E-state index in [1.54, 1.807) is 17.3 Å². The monoisotopic (exact) mass is 458 g/mol. The first kappa shape index (κ1) is 21.7. The predicted molar refractivity (Wildman–Crippen MR) is 130 cm³/mol. The van der Waals surface area contributed by atoms with Crippen molar-refractivity contribution in [1.82, 2.24) is 15.3 Å². The van der Waals surface area contributed by atoms with Gasteiger partial charge in [-0.25, -0.2) is 14.8 Å². The number of amides is 3. The number of nitrogens with one attached hydrogen (secondary N) is 2. The molecule has 9 heteroatoms. The van der Waals surface area contributed by atoms with Gasteiger partial charge >= 0.3 is 6.03 Å². The molecule has 0 spiro atoms. The summed E-state index contributed by atoms with van der Waals surface area (Å²) in [5, 5.41) is 5.55. The number of anilines is 4. The van der Waals surface area contributed by atoms with Gasteiger partial charge in [-0.15, -0.1) is 0 Å². The average Bonchev–Trinajstić information content (AvgIpc) is 2.95. The molecule has 3 amide bonds. The summed E-state index contributed by atoms with van der Waals surface area (Å²) in [6.45, 7) is 5.98. The zero-order valence-corrected chi connectivity index (χ0v) is 19.2. The Bertz CT molecular complexity index is 1260. The molecule has 2 N–H and O–H groups in total. The summed E-state index contributed by atoms with van der Waals surface area (Å²) < 4.78 is 6.04. The van der Waals surface area contributed by atoms with E-state index in [9.17, 15) is 9.59 Å². The highest BCUT2D eigenvalue weighted by Gasteiger charge is 2.31. The molecule has 0 unspecified atom stereocenters. The molecule has 174 valence electrons. The molecule has 0 saturated carbocycles. The minimum absolute atomic E-state index is 0.0862. The molecule has 3 aromatic rings. The zero-order valence-electron chi connectivity index (χ0n) is 19.2. The van der Waals surface area contributed by atoms with Crippen LogP contribution < -0.4 is 25.2 Å². The van der Waals surface area contributed by atoms with Crippen molar-refractivity contribution in [3.05, 3.63) is 65.5 Å². The van der Waals surface area contributed by atoms with Gasteiger partial charge in [0.2, 0.25) is 0 Å². The Morgan fingerprint density at radius 2 is 1.88 bits per heavy atom. The largest absolute Gasteiger partial charge is 0.493 e. The topological polar surface area (TPSA) is 99.7 Å². The number of carbonyl (C=O) groups is 2. The van der Waals surface area contributed by atoms with Crippen LogP contribution >= 0.6 is 0 Å². The second-order valence-electron chi connectivity index (χ2n) is 8.04. The van der Waals surface area contributed by atoms with E-state index in [1.807, 2.05) is 55.1 Å². The van der Waals surface area contributed by atoms with E-state index in [4.69, 9.17) is 4.74 Å². The van der Waals surface area contributed by atoms with Crippen LogP contribution in [0.1, 0.15) is 35.3 Å². The number of aromatic nitrogens is 2. The molecule has 4 heterocycles. The maximum atomic E-state index is 13.5. The number of carbonyl (C=O) groups excluding carboxylic acids is 2. The van der Waals surface area contributed by atoms with Gasteiger partial charge in [-0.2, -0.15) is 0 Å². The highest BCUT2D eigenvalue weighted by Crippen LogP contribution is 2.38. The first-order valence-electron chi connectivity index (χ1n) is 11.4. The molecule has 34 heavy (non-hydrogen) atoms. The maximum absolute atomic E-state index is 13.5. The van der Waals surface area contributed by atoms with Gasteiger partial charge in [-0.1, -0.05) is 6.07 Å². The van der Waals surface area contributed by atoms with E-state index in [0.29, 0.717) is 44.0 Å². The van der Waals surface area contributed by atoms with Crippen LogP contribution in [0.4, 0.5) is 27.8 Å². The SMILES string of the molecule is CCN1C(=O)c2cc(CCOc3cccc4c3CNC(=O)N4)cnc2N(CC)c2ncccc21. The first-order valence-corrected chi connectivity index (χ1v) is 11.4. The molecule has 2 aromatic heterocycles. The summed E-state index contributed by atoms with van der Waals surface area (Å²) >= 11 is 0. The molecule has 0 bridgehead atoms. The lowest BCUT2D eigenvalue weighted by Crippen LogP contribution is -2.33. The molecule has 2 aliphatic rings. The molecule has 0 aliphatic carbocycles. The minimum Gasteiger partial charge on any atom is -0.493 e. The molecule has 0 fully saturated rings. The van der Waals surface area contributed by atoms with Gasteiger partial charge < -0.3 is 25.2 Å². The van der Waals surface area contributed by atoms with Crippen LogP contribution in [0.5, 0.6) is 5.75 Å². The van der Waals surface area contributed by atoms with E-state index in [1.165, 1.54) is 0 Å². The van der Waals surface area contributed by atoms with Crippen LogP contribution in [0.15, 0.2) is 48.8 Å². The van der Waals surface area contributed by atoms with Crippen LogP contribution in [0.25, 0.3) is 0 Å². The van der Waals surface area contributed by atoms with Gasteiger partial charge in [-0.05, 0) is 49.7 Å². The van der Waals surface area contributed by atoms with Crippen molar-refractivity contribution >= 4 is 34.9 Å². The van der Waals surface area contributed by atoms with Crippen LogP contribution in [0.2, 0.25) is 0 Å². The fourth-order valence-corrected chi connectivity index (χ4v) is 4.40. The van der Waals surface area contributed by atoms with Crippen molar-refractivity contribution < 1.29 is 14.3 Å². The quantitative estimate of drug-likeness (QED) is 0.582. The Morgan fingerprint density at radius 3 is 2.71 bits per heavy atom. The number of fused-ring (bicyclic) bond motifs is 3. The second kappa shape index (κ2) is 9.01. The summed E-state index contributed by atoms with van der Waals surface area (Å²) in [6.07, 6.45) is 4.12. The number of nitrogens with zero attached hydrogens (tertiary/aromatic N) is 4. The van der Waals surface area contributed by atoms with Crippen molar-refractivity contribution in [2.45, 2.75) is 26.8 Å². The van der Waals surface area contributed by atoms with Crippen molar-refractivity contribution in [3.8, 4) is 5.75 Å². The molecule has 1 aromatic carbocycles. The minimum atomic E-state index is -0.218. The first-order chi connectivity index (χ1) is 16.6. The third-order valence-corrected chi connectivity index (χ3v) is 6.05.